The van der Waals surface area contributed by atoms with E-state index < -0.39 is 0 Å². The van der Waals surface area contributed by atoms with E-state index in [1.54, 1.807) is 54.1 Å². The second kappa shape index (κ2) is 9.75. The fourth-order valence-electron chi connectivity index (χ4n) is 3.87. The molecule has 0 aliphatic heterocycles. The summed E-state index contributed by atoms with van der Waals surface area (Å²) in [6.45, 7) is 3.88. The number of anilines is 1. The van der Waals surface area contributed by atoms with Crippen LogP contribution in [0.5, 0.6) is 5.75 Å². The number of rotatable bonds is 7. The normalized spacial score (nSPS) is 10.8. The maximum absolute atomic E-state index is 13.3. The number of carbonyl (C=O) groups is 2. The summed E-state index contributed by atoms with van der Waals surface area (Å²) in [6, 6.07) is 19.7. The van der Waals surface area contributed by atoms with Gasteiger partial charge in [-0.05, 0) is 43.2 Å². The highest BCUT2D eigenvalue weighted by Crippen LogP contribution is 2.19. The van der Waals surface area contributed by atoms with Crippen LogP contribution in [0.3, 0.4) is 0 Å². The lowest BCUT2D eigenvalue weighted by atomic mass is 10.00. The average Bonchev–Trinajstić information content (AvgIpc) is 2.85. The lowest BCUT2D eigenvalue weighted by molar-refractivity contribution is -0.116. The van der Waals surface area contributed by atoms with Gasteiger partial charge in [-0.2, -0.15) is 0 Å². The minimum Gasteiger partial charge on any atom is -0.497 e. The van der Waals surface area contributed by atoms with Crippen LogP contribution in [-0.4, -0.2) is 23.4 Å². The van der Waals surface area contributed by atoms with Crippen molar-refractivity contribution in [1.82, 2.24) is 4.57 Å². The van der Waals surface area contributed by atoms with Crippen LogP contribution < -0.4 is 15.5 Å². The van der Waals surface area contributed by atoms with Gasteiger partial charge in [-0.25, -0.2) is 0 Å². The first-order valence-electron chi connectivity index (χ1n) is 11.1. The molecule has 0 bridgehead atoms. The summed E-state index contributed by atoms with van der Waals surface area (Å²) in [5, 5.41) is 3.27. The van der Waals surface area contributed by atoms with E-state index in [1.165, 1.54) is 6.20 Å². The third-order valence-corrected chi connectivity index (χ3v) is 5.78. The maximum Gasteiger partial charge on any atom is 0.244 e. The largest absolute Gasteiger partial charge is 0.497 e. The van der Waals surface area contributed by atoms with Crippen LogP contribution in [0.2, 0.25) is 0 Å². The molecule has 34 heavy (non-hydrogen) atoms. The number of amides is 1. The molecular weight excluding hydrogens is 428 g/mol. The Hall–Kier alpha value is -4.19. The number of aryl methyl sites for hydroxylation is 2. The van der Waals surface area contributed by atoms with E-state index in [-0.39, 0.29) is 29.2 Å². The molecule has 4 aromatic rings. The van der Waals surface area contributed by atoms with Crippen molar-refractivity contribution in [2.45, 2.75) is 26.8 Å². The molecule has 0 unspecified atom stereocenters. The third-order valence-electron chi connectivity index (χ3n) is 5.78. The summed E-state index contributed by atoms with van der Waals surface area (Å²) in [4.78, 5) is 39.5. The lowest BCUT2D eigenvalue weighted by Gasteiger charge is -2.14. The highest BCUT2D eigenvalue weighted by atomic mass is 16.5. The molecular formula is C28H26N2O4. The smallest absolute Gasteiger partial charge is 0.244 e. The molecule has 0 radical (unpaired) electrons. The van der Waals surface area contributed by atoms with Gasteiger partial charge >= 0.3 is 0 Å². The van der Waals surface area contributed by atoms with E-state index in [4.69, 9.17) is 4.74 Å². The van der Waals surface area contributed by atoms with Gasteiger partial charge in [0.25, 0.3) is 0 Å². The lowest BCUT2D eigenvalue weighted by Crippen LogP contribution is -2.24. The molecule has 1 heterocycles. The van der Waals surface area contributed by atoms with E-state index in [0.717, 1.165) is 17.5 Å². The molecule has 0 aliphatic rings. The molecule has 0 saturated heterocycles. The summed E-state index contributed by atoms with van der Waals surface area (Å²) in [5.74, 6) is -0.0213. The van der Waals surface area contributed by atoms with Gasteiger partial charge in [-0.15, -0.1) is 0 Å². The minimum atomic E-state index is -0.365. The monoisotopic (exact) mass is 454 g/mol. The van der Waals surface area contributed by atoms with Crippen molar-refractivity contribution in [2.75, 3.05) is 12.4 Å². The Morgan fingerprint density at radius 3 is 2.47 bits per heavy atom. The average molecular weight is 455 g/mol. The van der Waals surface area contributed by atoms with Crippen molar-refractivity contribution >= 4 is 28.3 Å². The molecule has 4 rings (SSSR count). The van der Waals surface area contributed by atoms with Gasteiger partial charge in [0.1, 0.15) is 12.3 Å². The Labute approximate surface area is 197 Å². The van der Waals surface area contributed by atoms with Crippen LogP contribution in [0.15, 0.2) is 77.7 Å². The van der Waals surface area contributed by atoms with E-state index in [1.807, 2.05) is 38.1 Å². The van der Waals surface area contributed by atoms with E-state index in [2.05, 4.69) is 5.32 Å². The zero-order valence-corrected chi connectivity index (χ0v) is 19.4. The third kappa shape index (κ3) is 4.76. The van der Waals surface area contributed by atoms with Crippen LogP contribution in [-0.2, 0) is 17.8 Å². The van der Waals surface area contributed by atoms with Crippen molar-refractivity contribution < 1.29 is 14.3 Å². The molecule has 1 N–H and O–H groups in total. The van der Waals surface area contributed by atoms with Crippen molar-refractivity contribution in [1.29, 1.82) is 0 Å². The van der Waals surface area contributed by atoms with Gasteiger partial charge in [0.15, 0.2) is 5.78 Å². The minimum absolute atomic E-state index is 0.0405. The summed E-state index contributed by atoms with van der Waals surface area (Å²) in [7, 11) is 1.56. The molecule has 3 aromatic carbocycles. The first-order valence-corrected chi connectivity index (χ1v) is 11.1. The second-order valence-electron chi connectivity index (χ2n) is 8.18. The van der Waals surface area contributed by atoms with Crippen molar-refractivity contribution in [2.24, 2.45) is 0 Å². The molecule has 172 valence electrons. The number of nitrogens with one attached hydrogen (secondary N) is 1. The number of benzene rings is 3. The number of ketones is 1. The van der Waals surface area contributed by atoms with Crippen LogP contribution >= 0.6 is 0 Å². The molecule has 6 heteroatoms. The fourth-order valence-corrected chi connectivity index (χ4v) is 3.87. The predicted octanol–water partition coefficient (Wildman–Crippen LogP) is 4.75. The van der Waals surface area contributed by atoms with Gasteiger partial charge < -0.3 is 14.6 Å². The summed E-state index contributed by atoms with van der Waals surface area (Å²) >= 11 is 0. The Morgan fingerprint density at radius 2 is 1.76 bits per heavy atom. The first-order chi connectivity index (χ1) is 16.4. The van der Waals surface area contributed by atoms with E-state index in [9.17, 15) is 14.4 Å². The molecule has 0 aliphatic carbocycles. The maximum atomic E-state index is 13.3. The Balaban J connectivity index is 1.76. The standard InChI is InChI=1S/C28H26N2O4/c1-4-19-10-13-25-23(14-19)28(33)24(27(32)20-11-8-18(2)9-12-20)16-30(25)17-26(31)29-21-6-5-7-22(15-21)34-3/h5-16H,4,17H2,1-3H3,(H,29,31). The van der Waals surface area contributed by atoms with Gasteiger partial charge in [0.05, 0.1) is 18.2 Å². The van der Waals surface area contributed by atoms with E-state index >= 15 is 0 Å². The van der Waals surface area contributed by atoms with E-state index in [0.29, 0.717) is 27.9 Å². The molecule has 0 spiro atoms. The predicted molar refractivity (Wildman–Crippen MR) is 134 cm³/mol. The number of fused-ring (bicyclic) bond motifs is 1. The Morgan fingerprint density at radius 1 is 1.00 bits per heavy atom. The topological polar surface area (TPSA) is 77.4 Å². The molecule has 1 amide bonds. The summed E-state index contributed by atoms with van der Waals surface area (Å²) in [6.07, 6.45) is 2.24. The highest BCUT2D eigenvalue weighted by molar-refractivity contribution is 6.10. The summed E-state index contributed by atoms with van der Waals surface area (Å²) < 4.78 is 6.87. The zero-order valence-electron chi connectivity index (χ0n) is 19.4. The number of methoxy groups -OCH3 is 1. The summed E-state index contributed by atoms with van der Waals surface area (Å²) in [5.41, 5.74) is 3.34. The van der Waals surface area contributed by atoms with Crippen LogP contribution in [0, 0.1) is 6.92 Å². The van der Waals surface area contributed by atoms with Gasteiger partial charge in [0.2, 0.25) is 11.3 Å². The first kappa shape index (κ1) is 23.0. The second-order valence-corrected chi connectivity index (χ2v) is 8.18. The molecule has 6 nitrogen and oxygen atoms in total. The SMILES string of the molecule is CCc1ccc2c(c1)c(=O)c(C(=O)c1ccc(C)cc1)cn2CC(=O)Nc1cccc(OC)c1. The van der Waals surface area contributed by atoms with Crippen molar-refractivity contribution in [3.05, 3.63) is 105 Å². The molecule has 0 fully saturated rings. The number of hydrogen-bond acceptors (Lipinski definition) is 4. The van der Waals surface area contributed by atoms with Gasteiger partial charge in [0, 0.05) is 28.9 Å². The molecule has 0 saturated carbocycles. The molecule has 0 atom stereocenters. The number of ether oxygens (including phenoxy) is 1. The van der Waals surface area contributed by atoms with Gasteiger partial charge in [-0.1, -0.05) is 48.9 Å². The highest BCUT2D eigenvalue weighted by Gasteiger charge is 2.18. The Bertz CT molecular complexity index is 1440. The fraction of sp³-hybridized carbons (Fsp3) is 0.179. The molecule has 1 aromatic heterocycles. The van der Waals surface area contributed by atoms with Crippen molar-refractivity contribution in [3.8, 4) is 5.75 Å². The number of nitrogens with zero attached hydrogens (tertiary/aromatic N) is 1. The number of aromatic nitrogens is 1. The quantitative estimate of drug-likeness (QED) is 0.409. The Kier molecular flexibility index (Phi) is 6.59. The van der Waals surface area contributed by atoms with Crippen LogP contribution in [0.4, 0.5) is 5.69 Å². The number of carbonyl (C=O) groups excluding carboxylic acids is 2. The number of pyridine rings is 1. The van der Waals surface area contributed by atoms with Crippen LogP contribution in [0.1, 0.15) is 34.0 Å². The van der Waals surface area contributed by atoms with Crippen molar-refractivity contribution in [3.63, 3.8) is 0 Å². The zero-order chi connectivity index (χ0) is 24.2. The van der Waals surface area contributed by atoms with Crippen LogP contribution in [0.25, 0.3) is 10.9 Å². The number of hydrogen-bond donors (Lipinski definition) is 1. The van der Waals surface area contributed by atoms with Gasteiger partial charge in [-0.3, -0.25) is 14.4 Å².